The minimum atomic E-state index is -0.428. The second-order valence-corrected chi connectivity index (χ2v) is 9.01. The molecule has 0 spiro atoms. The predicted molar refractivity (Wildman–Crippen MR) is 96.0 cm³/mol. The number of anilines is 1. The number of thiophene rings is 1. The first-order chi connectivity index (χ1) is 10.7. The summed E-state index contributed by atoms with van der Waals surface area (Å²) >= 11 is 1.53. The highest BCUT2D eigenvalue weighted by atomic mass is 32.1. The average molecular weight is 337 g/mol. The Kier molecular flexibility index (Phi) is 5.50. The molecular weight excluding hydrogens is 308 g/mol. The molecule has 0 fully saturated rings. The molecular formula is C18H28N2O2S. The van der Waals surface area contributed by atoms with E-state index in [4.69, 9.17) is 5.73 Å². The molecule has 4 nitrogen and oxygen atoms in total. The summed E-state index contributed by atoms with van der Waals surface area (Å²) in [4.78, 5) is 25.4. The molecule has 5 heteroatoms. The fraction of sp³-hybridized carbons (Fsp3) is 0.667. The van der Waals surface area contributed by atoms with Crippen LogP contribution in [0.15, 0.2) is 0 Å². The van der Waals surface area contributed by atoms with Crippen molar-refractivity contribution < 1.29 is 9.59 Å². The van der Waals surface area contributed by atoms with Crippen LogP contribution in [-0.4, -0.2) is 11.8 Å². The first kappa shape index (κ1) is 18.0. The number of amides is 2. The first-order valence-electron chi connectivity index (χ1n) is 8.41. The van der Waals surface area contributed by atoms with Crippen molar-refractivity contribution in [2.24, 2.45) is 17.1 Å². The average Bonchev–Trinajstić information content (AvgIpc) is 2.73. The largest absolute Gasteiger partial charge is 0.365 e. The molecule has 1 aliphatic rings. The lowest BCUT2D eigenvalue weighted by Crippen LogP contribution is -2.21. The summed E-state index contributed by atoms with van der Waals surface area (Å²) in [5.41, 5.74) is 7.37. The van der Waals surface area contributed by atoms with Gasteiger partial charge in [0.05, 0.1) is 5.56 Å². The van der Waals surface area contributed by atoms with Crippen molar-refractivity contribution >= 4 is 28.2 Å². The number of primary amides is 1. The zero-order chi connectivity index (χ0) is 17.2. The molecule has 1 atom stereocenters. The van der Waals surface area contributed by atoms with Gasteiger partial charge in [0.25, 0.3) is 5.91 Å². The maximum atomic E-state index is 12.3. The topological polar surface area (TPSA) is 72.2 Å². The first-order valence-corrected chi connectivity index (χ1v) is 9.23. The molecule has 2 amide bonds. The zero-order valence-electron chi connectivity index (χ0n) is 14.6. The minimum absolute atomic E-state index is 0.0251. The number of fused-ring (bicyclic) bond motifs is 1. The van der Waals surface area contributed by atoms with Crippen LogP contribution in [0.5, 0.6) is 0 Å². The van der Waals surface area contributed by atoms with Crippen molar-refractivity contribution in [3.8, 4) is 0 Å². The van der Waals surface area contributed by atoms with E-state index in [-0.39, 0.29) is 11.3 Å². The van der Waals surface area contributed by atoms with Crippen LogP contribution >= 0.6 is 11.3 Å². The van der Waals surface area contributed by atoms with Crippen LogP contribution in [0.4, 0.5) is 5.00 Å². The van der Waals surface area contributed by atoms with E-state index < -0.39 is 5.91 Å². The normalized spacial score (nSPS) is 15.8. The number of nitrogens with two attached hydrogens (primary N) is 1. The Bertz CT molecular complexity index is 599. The van der Waals surface area contributed by atoms with Crippen molar-refractivity contribution in [3.63, 3.8) is 0 Å². The summed E-state index contributed by atoms with van der Waals surface area (Å²) in [6, 6.07) is 0. The van der Waals surface area contributed by atoms with Crippen LogP contribution in [0.2, 0.25) is 0 Å². The van der Waals surface area contributed by atoms with Gasteiger partial charge in [-0.2, -0.15) is 0 Å². The number of carbonyl (C=O) groups is 2. The van der Waals surface area contributed by atoms with Gasteiger partial charge in [-0.25, -0.2) is 0 Å². The molecule has 1 unspecified atom stereocenters. The second kappa shape index (κ2) is 7.04. The molecule has 1 aliphatic carbocycles. The Labute approximate surface area is 142 Å². The van der Waals surface area contributed by atoms with Gasteiger partial charge in [0.1, 0.15) is 5.00 Å². The summed E-state index contributed by atoms with van der Waals surface area (Å²) in [6.07, 6.45) is 5.56. The quantitative estimate of drug-likeness (QED) is 0.848. The second-order valence-electron chi connectivity index (χ2n) is 7.90. The number of aryl methyl sites for hydroxylation is 1. The van der Waals surface area contributed by atoms with E-state index in [0.717, 1.165) is 37.7 Å². The summed E-state index contributed by atoms with van der Waals surface area (Å²) < 4.78 is 0. The van der Waals surface area contributed by atoms with Crippen molar-refractivity contribution in [2.75, 3.05) is 5.32 Å². The number of hydrogen-bond donors (Lipinski definition) is 2. The van der Waals surface area contributed by atoms with Crippen molar-refractivity contribution in [3.05, 3.63) is 16.0 Å². The van der Waals surface area contributed by atoms with Crippen LogP contribution in [0.1, 0.15) is 74.2 Å². The molecule has 3 N–H and O–H groups in total. The van der Waals surface area contributed by atoms with Gasteiger partial charge in [-0.1, -0.05) is 27.7 Å². The highest BCUT2D eigenvalue weighted by molar-refractivity contribution is 7.17. The molecule has 0 aliphatic heterocycles. The molecule has 128 valence electrons. The van der Waals surface area contributed by atoms with Gasteiger partial charge in [-0.05, 0) is 49.0 Å². The van der Waals surface area contributed by atoms with Gasteiger partial charge in [-0.3, -0.25) is 9.59 Å². The maximum Gasteiger partial charge on any atom is 0.251 e. The van der Waals surface area contributed by atoms with Crippen molar-refractivity contribution in [2.45, 2.75) is 66.2 Å². The lowest BCUT2D eigenvalue weighted by atomic mass is 9.84. The summed E-state index contributed by atoms with van der Waals surface area (Å²) in [7, 11) is 0. The number of nitrogens with one attached hydrogen (secondary N) is 1. The van der Waals surface area contributed by atoms with Crippen LogP contribution < -0.4 is 11.1 Å². The lowest BCUT2D eigenvalue weighted by molar-refractivity contribution is -0.117. The summed E-state index contributed by atoms with van der Waals surface area (Å²) in [6.45, 7) is 8.64. The van der Waals surface area contributed by atoms with Gasteiger partial charge in [0, 0.05) is 11.3 Å². The Hall–Kier alpha value is -1.36. The molecule has 1 heterocycles. The Morgan fingerprint density at radius 2 is 1.91 bits per heavy atom. The molecule has 0 saturated carbocycles. The Balaban J connectivity index is 2.09. The van der Waals surface area contributed by atoms with Gasteiger partial charge in [0.2, 0.25) is 5.91 Å². The van der Waals surface area contributed by atoms with E-state index in [1.165, 1.54) is 16.2 Å². The zero-order valence-corrected chi connectivity index (χ0v) is 15.4. The van der Waals surface area contributed by atoms with Gasteiger partial charge >= 0.3 is 0 Å². The van der Waals surface area contributed by atoms with E-state index in [2.05, 4.69) is 33.0 Å². The van der Waals surface area contributed by atoms with Crippen molar-refractivity contribution in [1.29, 1.82) is 0 Å². The standard InChI is InChI=1S/C18H28N2O2S/c1-11(10-18(2,3)4)9-14(21)20-17-15(16(19)22)12-7-5-6-8-13(12)23-17/h11H,5-10H2,1-4H3,(H2,19,22)(H,20,21). The maximum absolute atomic E-state index is 12.3. The van der Waals surface area contributed by atoms with Crippen LogP contribution in [-0.2, 0) is 17.6 Å². The SMILES string of the molecule is CC(CC(=O)Nc1sc2c(c1C(N)=O)CCCC2)CC(C)(C)C. The summed E-state index contributed by atoms with van der Waals surface area (Å²) in [5, 5.41) is 3.59. The molecule has 0 saturated heterocycles. The molecule has 1 aromatic rings. The fourth-order valence-electron chi connectivity index (χ4n) is 3.53. The van der Waals surface area contributed by atoms with E-state index in [9.17, 15) is 9.59 Å². The predicted octanol–water partition coefficient (Wildman–Crippen LogP) is 4.13. The third kappa shape index (κ3) is 4.80. The molecule has 0 radical (unpaired) electrons. The third-order valence-electron chi connectivity index (χ3n) is 4.17. The van der Waals surface area contributed by atoms with Gasteiger partial charge in [-0.15, -0.1) is 11.3 Å². The Morgan fingerprint density at radius 1 is 1.26 bits per heavy atom. The van der Waals surface area contributed by atoms with Gasteiger partial charge in [0.15, 0.2) is 0 Å². The smallest absolute Gasteiger partial charge is 0.251 e. The van der Waals surface area contributed by atoms with Gasteiger partial charge < -0.3 is 11.1 Å². The van der Waals surface area contributed by atoms with Crippen LogP contribution in [0.25, 0.3) is 0 Å². The van der Waals surface area contributed by atoms with E-state index in [0.29, 0.717) is 22.9 Å². The number of rotatable bonds is 5. The highest BCUT2D eigenvalue weighted by Gasteiger charge is 2.25. The molecule has 0 bridgehead atoms. The summed E-state index contributed by atoms with van der Waals surface area (Å²) in [5.74, 6) is -0.146. The van der Waals surface area contributed by atoms with E-state index in [1.807, 2.05) is 0 Å². The molecule has 2 rings (SSSR count). The van der Waals surface area contributed by atoms with Crippen LogP contribution in [0.3, 0.4) is 0 Å². The molecule has 0 aromatic carbocycles. The number of hydrogen-bond acceptors (Lipinski definition) is 3. The fourth-order valence-corrected chi connectivity index (χ4v) is 4.84. The Morgan fingerprint density at radius 3 is 2.52 bits per heavy atom. The van der Waals surface area contributed by atoms with Crippen molar-refractivity contribution in [1.82, 2.24) is 0 Å². The number of carbonyl (C=O) groups excluding carboxylic acids is 2. The van der Waals surface area contributed by atoms with E-state index >= 15 is 0 Å². The molecule has 1 aromatic heterocycles. The monoisotopic (exact) mass is 336 g/mol. The van der Waals surface area contributed by atoms with E-state index in [1.54, 1.807) is 0 Å². The molecule has 23 heavy (non-hydrogen) atoms. The minimum Gasteiger partial charge on any atom is -0.365 e. The third-order valence-corrected chi connectivity index (χ3v) is 5.37. The lowest BCUT2D eigenvalue weighted by Gasteiger charge is -2.22. The highest BCUT2D eigenvalue weighted by Crippen LogP contribution is 2.38. The van der Waals surface area contributed by atoms with Crippen LogP contribution in [0, 0.1) is 11.3 Å².